The molecule has 0 fully saturated rings. The van der Waals surface area contributed by atoms with Gasteiger partial charge in [0.1, 0.15) is 6.07 Å². The fraction of sp³-hybridized carbons (Fsp3) is 0.109. The second-order valence-electron chi connectivity index (χ2n) is 16.5. The molecule has 0 N–H and O–H groups in total. The van der Waals surface area contributed by atoms with Gasteiger partial charge in [-0.1, -0.05) is 125 Å². The molecule has 0 unspecified atom stereocenters. The van der Waals surface area contributed by atoms with E-state index in [-0.39, 0.29) is 0 Å². The minimum absolute atomic E-state index is 0.387. The smallest absolute Gasteiger partial charge is 0.309 e. The average Bonchev–Trinajstić information content (AvgIpc) is 3.74. The number of benzene rings is 8. The quantitative estimate of drug-likeness (QED) is 0.171. The largest absolute Gasteiger partial charge is 0.416 e. The van der Waals surface area contributed by atoms with Crippen LogP contribution in [0.1, 0.15) is 38.9 Å². The highest BCUT2D eigenvalue weighted by Gasteiger charge is 2.32. The normalized spacial score (nSPS) is 11.9. The van der Waals surface area contributed by atoms with Crippen LogP contribution in [0.4, 0.5) is 13.2 Å². The fourth-order valence-corrected chi connectivity index (χ4v) is 9.47. The molecule has 2 aromatic heterocycles. The number of hydrogen-bond donors (Lipinski definition) is 0. The molecular weight excluding hydrogens is 760 g/mol. The van der Waals surface area contributed by atoms with E-state index >= 15 is 0 Å². The minimum atomic E-state index is -4.57. The van der Waals surface area contributed by atoms with Gasteiger partial charge in [0.25, 0.3) is 0 Å². The maximum Gasteiger partial charge on any atom is 0.416 e. The van der Waals surface area contributed by atoms with Crippen molar-refractivity contribution in [1.29, 1.82) is 5.26 Å². The molecule has 3 nitrogen and oxygen atoms in total. The maximum atomic E-state index is 14.7. The van der Waals surface area contributed by atoms with Crippen molar-refractivity contribution in [2.45, 2.75) is 40.8 Å². The average molecular weight is 800 g/mol. The van der Waals surface area contributed by atoms with Gasteiger partial charge in [-0.2, -0.15) is 18.4 Å². The van der Waals surface area contributed by atoms with E-state index in [4.69, 9.17) is 0 Å². The number of halogens is 3. The second kappa shape index (κ2) is 14.1. The highest BCUT2D eigenvalue weighted by Crippen LogP contribution is 2.43. The summed E-state index contributed by atoms with van der Waals surface area (Å²) in [5.74, 6) is 0. The number of nitrogens with zero attached hydrogens (tertiary/aromatic N) is 3. The first kappa shape index (κ1) is 37.9. The Labute approximate surface area is 352 Å². The number of hydrogen-bond acceptors (Lipinski definition) is 1. The monoisotopic (exact) mass is 799 g/mol. The summed E-state index contributed by atoms with van der Waals surface area (Å²) in [6, 6.07) is 52.5. The lowest BCUT2D eigenvalue weighted by atomic mass is 9.95. The summed E-state index contributed by atoms with van der Waals surface area (Å²) >= 11 is 0. The predicted molar refractivity (Wildman–Crippen MR) is 245 cm³/mol. The highest BCUT2D eigenvalue weighted by atomic mass is 19.4. The SMILES string of the molecule is Cc1cc(C)cc(-c2ccc3c4ccccc4n(-c4cc(-c5cc(C)cc(C(F)(F)F)c5)c(-n5c6ccccc6c6ccc(-c7cc(C)cc(C)c7)cc65)cc4C#N)c3c2)c1. The minimum Gasteiger partial charge on any atom is -0.309 e. The van der Waals surface area contributed by atoms with Crippen molar-refractivity contribution in [3.05, 3.63) is 191 Å². The summed E-state index contributed by atoms with van der Waals surface area (Å²) in [6.45, 7) is 10.0. The van der Waals surface area contributed by atoms with Crippen LogP contribution in [0.15, 0.2) is 152 Å². The lowest BCUT2D eigenvalue weighted by Gasteiger charge is -2.20. The molecule has 0 atom stereocenters. The molecule has 8 aromatic carbocycles. The van der Waals surface area contributed by atoms with Crippen molar-refractivity contribution < 1.29 is 13.2 Å². The van der Waals surface area contributed by atoms with Crippen molar-refractivity contribution in [2.24, 2.45) is 0 Å². The third-order valence-electron chi connectivity index (χ3n) is 11.9. The highest BCUT2D eigenvalue weighted by molar-refractivity contribution is 6.12. The number of alkyl halides is 3. The molecule has 10 aromatic rings. The van der Waals surface area contributed by atoms with Crippen LogP contribution in [-0.2, 0) is 6.18 Å². The van der Waals surface area contributed by atoms with Crippen molar-refractivity contribution >= 4 is 43.6 Å². The van der Waals surface area contributed by atoms with Crippen molar-refractivity contribution in [3.8, 4) is 50.8 Å². The number of aromatic nitrogens is 2. The Balaban J connectivity index is 1.33. The summed E-state index contributed by atoms with van der Waals surface area (Å²) in [7, 11) is 0. The molecule has 0 aliphatic heterocycles. The van der Waals surface area contributed by atoms with Gasteiger partial charge >= 0.3 is 6.18 Å². The molecule has 0 bridgehead atoms. The first-order valence-corrected chi connectivity index (χ1v) is 20.4. The van der Waals surface area contributed by atoms with Crippen LogP contribution in [0, 0.1) is 45.9 Å². The van der Waals surface area contributed by atoms with Gasteiger partial charge in [0.2, 0.25) is 0 Å². The molecule has 0 aliphatic rings. The van der Waals surface area contributed by atoms with Gasteiger partial charge in [-0.15, -0.1) is 0 Å². The van der Waals surface area contributed by atoms with Gasteiger partial charge in [-0.3, -0.25) is 0 Å². The summed E-state index contributed by atoms with van der Waals surface area (Å²) in [6.07, 6.45) is -4.57. The van der Waals surface area contributed by atoms with Crippen LogP contribution < -0.4 is 0 Å². The third kappa shape index (κ3) is 6.45. The predicted octanol–water partition coefficient (Wildman–Crippen LogP) is 15.3. The molecule has 2 heterocycles. The van der Waals surface area contributed by atoms with Gasteiger partial charge in [-0.25, -0.2) is 0 Å². The Bertz CT molecular complexity index is 3440. The zero-order valence-corrected chi connectivity index (χ0v) is 34.4. The summed E-state index contributed by atoms with van der Waals surface area (Å²) < 4.78 is 48.2. The molecule has 0 aliphatic carbocycles. The molecule has 61 heavy (non-hydrogen) atoms. The van der Waals surface area contributed by atoms with Crippen molar-refractivity contribution in [3.63, 3.8) is 0 Å². The standard InChI is InChI=1S/C55H40F3N3/c1-32-18-33(2)21-39(20-32)37-14-16-46-44-10-6-8-12-49(44)60(52(46)27-37)51-30-48(41-24-36(5)25-43(26-41)55(56,57)58)54(29-42(51)31-59)61-50-13-9-7-11-45(50)47-17-15-38(28-53(47)61)40-22-34(3)19-35(4)23-40/h6-30H,1-5H3. The first-order valence-electron chi connectivity index (χ1n) is 20.4. The summed E-state index contributed by atoms with van der Waals surface area (Å²) in [5.41, 5.74) is 14.7. The van der Waals surface area contributed by atoms with E-state index in [1.54, 1.807) is 6.92 Å². The van der Waals surface area contributed by atoms with Crippen molar-refractivity contribution in [2.75, 3.05) is 0 Å². The van der Waals surface area contributed by atoms with E-state index in [0.717, 1.165) is 88.1 Å². The van der Waals surface area contributed by atoms with Gasteiger partial charge in [0.05, 0.1) is 44.6 Å². The zero-order chi connectivity index (χ0) is 42.3. The fourth-order valence-electron chi connectivity index (χ4n) is 9.47. The molecule has 0 spiro atoms. The summed E-state index contributed by atoms with van der Waals surface area (Å²) in [4.78, 5) is 0. The van der Waals surface area contributed by atoms with Crippen molar-refractivity contribution in [1.82, 2.24) is 9.13 Å². The van der Waals surface area contributed by atoms with Crippen LogP contribution in [-0.4, -0.2) is 9.13 Å². The molecule has 0 saturated heterocycles. The number of para-hydroxylation sites is 2. The number of rotatable bonds is 5. The molecule has 10 rings (SSSR count). The van der Waals surface area contributed by atoms with Crippen LogP contribution in [0.3, 0.4) is 0 Å². The Morgan fingerprint density at radius 3 is 1.34 bits per heavy atom. The van der Waals surface area contributed by atoms with Crippen LogP contribution in [0.5, 0.6) is 0 Å². The van der Waals surface area contributed by atoms with E-state index in [1.807, 2.05) is 54.6 Å². The van der Waals surface area contributed by atoms with Gasteiger partial charge < -0.3 is 9.13 Å². The van der Waals surface area contributed by atoms with Gasteiger partial charge in [0.15, 0.2) is 0 Å². The third-order valence-corrected chi connectivity index (χ3v) is 11.9. The summed E-state index contributed by atoms with van der Waals surface area (Å²) in [5, 5.41) is 15.2. The Kier molecular flexibility index (Phi) is 8.78. The van der Waals surface area contributed by atoms with E-state index in [1.165, 1.54) is 12.1 Å². The van der Waals surface area contributed by atoms with Crippen LogP contribution >= 0.6 is 0 Å². The molecule has 6 heteroatoms. The van der Waals surface area contributed by atoms with Crippen LogP contribution in [0.2, 0.25) is 0 Å². The van der Waals surface area contributed by atoms with Gasteiger partial charge in [-0.05, 0) is 117 Å². The van der Waals surface area contributed by atoms with E-state index in [9.17, 15) is 18.4 Å². The number of aryl methyl sites for hydroxylation is 5. The first-order chi connectivity index (χ1) is 29.3. The topological polar surface area (TPSA) is 33.6 Å². The second-order valence-corrected chi connectivity index (χ2v) is 16.5. The Morgan fingerprint density at radius 1 is 0.410 bits per heavy atom. The molecule has 0 radical (unpaired) electrons. The maximum absolute atomic E-state index is 14.7. The van der Waals surface area contributed by atoms with Gasteiger partial charge in [0, 0.05) is 27.1 Å². The van der Waals surface area contributed by atoms with E-state index in [2.05, 4.69) is 128 Å². The zero-order valence-electron chi connectivity index (χ0n) is 34.4. The molecule has 296 valence electrons. The van der Waals surface area contributed by atoms with E-state index < -0.39 is 11.7 Å². The molecular formula is C55H40F3N3. The molecule has 0 amide bonds. The number of fused-ring (bicyclic) bond motifs is 6. The lowest BCUT2D eigenvalue weighted by molar-refractivity contribution is -0.137. The Hall–Kier alpha value is -7.36. The Morgan fingerprint density at radius 2 is 0.852 bits per heavy atom. The number of nitriles is 1. The van der Waals surface area contributed by atoms with E-state index in [0.29, 0.717) is 33.6 Å². The molecule has 0 saturated carbocycles. The lowest BCUT2D eigenvalue weighted by Crippen LogP contribution is -2.07. The van der Waals surface area contributed by atoms with Crippen LogP contribution in [0.25, 0.3) is 88.4 Å².